The first kappa shape index (κ1) is 28.4. The van der Waals surface area contributed by atoms with E-state index in [4.69, 9.17) is 0 Å². The van der Waals surface area contributed by atoms with Crippen molar-refractivity contribution >= 4 is 12.7 Å². The lowest BCUT2D eigenvalue weighted by atomic mass is 9.91. The molecule has 1 fully saturated rings. The van der Waals surface area contributed by atoms with Crippen molar-refractivity contribution in [3.05, 3.63) is 70.4 Å². The zero-order chi connectivity index (χ0) is 26.1. The number of hydrogen-bond acceptors (Lipinski definition) is 2. The van der Waals surface area contributed by atoms with Gasteiger partial charge in [0, 0.05) is 30.7 Å². The van der Waals surface area contributed by atoms with E-state index in [1.165, 1.54) is 22.2 Å². The van der Waals surface area contributed by atoms with Crippen LogP contribution in [0.2, 0.25) is 0 Å². The van der Waals surface area contributed by atoms with Crippen LogP contribution in [0.4, 0.5) is 4.39 Å². The number of likely N-dealkylation sites (N-methyl/N-ethyl adjacent to an activating group) is 1. The lowest BCUT2D eigenvalue weighted by Gasteiger charge is -2.36. The molecule has 0 amide bonds. The molecule has 1 N–H and O–H groups in total. The maximum atomic E-state index is 14.9. The second kappa shape index (κ2) is 13.4. The second-order valence-corrected chi connectivity index (χ2v) is 10.7. The molecule has 1 unspecified atom stereocenters. The van der Waals surface area contributed by atoms with Gasteiger partial charge in [0.1, 0.15) is 5.67 Å². The van der Waals surface area contributed by atoms with Gasteiger partial charge in [0.05, 0.1) is 0 Å². The van der Waals surface area contributed by atoms with Crippen molar-refractivity contribution in [3.63, 3.8) is 0 Å². The normalized spacial score (nSPS) is 20.1. The molecule has 4 heteroatoms. The lowest BCUT2D eigenvalue weighted by Crippen LogP contribution is -2.43. The standard InChI is InChI=1S/C32H48FN3/c1-7-11-31-25(4)30(22-28-12-10-13-29(15-14-28)23-34-6)26(5)36(31)21-18-27-16-19-35(20-17-27)24-32(33,8-2)9-3/h7,10-15,27-28,34H,1,4,8-9,16-24H2,2-3,5-6H3/b31-11+. The summed E-state index contributed by atoms with van der Waals surface area (Å²) in [6, 6.07) is 0. The first-order valence-corrected chi connectivity index (χ1v) is 13.9. The summed E-state index contributed by atoms with van der Waals surface area (Å²) in [5, 5.41) is 5.56. The van der Waals surface area contributed by atoms with Gasteiger partial charge in [-0.3, -0.25) is 0 Å². The molecule has 1 atom stereocenters. The number of nitrogens with zero attached hydrogens (tertiary/aromatic N) is 2. The van der Waals surface area contributed by atoms with Crippen molar-refractivity contribution in [2.45, 2.75) is 71.5 Å². The molecule has 3 rings (SSSR count). The highest BCUT2D eigenvalue weighted by atomic mass is 19.1. The van der Waals surface area contributed by atoms with E-state index >= 15 is 0 Å². The predicted octanol–water partition coefficient (Wildman–Crippen LogP) is 5.23. The van der Waals surface area contributed by atoms with Crippen LogP contribution in [-0.2, 0) is 13.0 Å². The molecular formula is C32H48FN3. The van der Waals surface area contributed by atoms with Gasteiger partial charge in [0.15, 0.2) is 0 Å². The highest BCUT2D eigenvalue weighted by Crippen LogP contribution is 2.27. The van der Waals surface area contributed by atoms with Crippen molar-refractivity contribution < 1.29 is 4.39 Å². The van der Waals surface area contributed by atoms with Crippen LogP contribution in [0.1, 0.15) is 57.2 Å². The van der Waals surface area contributed by atoms with Crippen molar-refractivity contribution in [2.75, 3.05) is 33.2 Å². The van der Waals surface area contributed by atoms with Crippen molar-refractivity contribution in [2.24, 2.45) is 11.8 Å². The quantitative estimate of drug-likeness (QED) is 0.430. The van der Waals surface area contributed by atoms with Crippen molar-refractivity contribution in [1.82, 2.24) is 14.8 Å². The molecule has 2 aliphatic rings. The molecule has 3 nitrogen and oxygen atoms in total. The van der Waals surface area contributed by atoms with Gasteiger partial charge in [0.2, 0.25) is 0 Å². The molecule has 0 aromatic carbocycles. The molecule has 0 saturated carbocycles. The molecule has 1 aromatic heterocycles. The van der Waals surface area contributed by atoms with Gasteiger partial charge in [-0.25, -0.2) is 4.39 Å². The number of rotatable bonds is 12. The highest BCUT2D eigenvalue weighted by molar-refractivity contribution is 5.40. The lowest BCUT2D eigenvalue weighted by molar-refractivity contribution is 0.0622. The van der Waals surface area contributed by atoms with Crippen LogP contribution >= 0.6 is 0 Å². The number of piperidine rings is 1. The molecule has 2 heterocycles. The summed E-state index contributed by atoms with van der Waals surface area (Å²) in [5.41, 5.74) is 2.95. The van der Waals surface area contributed by atoms with E-state index in [2.05, 4.69) is 71.3 Å². The molecule has 1 aliphatic heterocycles. The van der Waals surface area contributed by atoms with E-state index in [1.807, 2.05) is 27.0 Å². The Hall–Kier alpha value is -2.17. The summed E-state index contributed by atoms with van der Waals surface area (Å²) in [7, 11) is 1.98. The average Bonchev–Trinajstić information content (AvgIpc) is 3.02. The van der Waals surface area contributed by atoms with Gasteiger partial charge < -0.3 is 14.8 Å². The minimum Gasteiger partial charge on any atom is -0.345 e. The molecule has 36 heavy (non-hydrogen) atoms. The monoisotopic (exact) mass is 493 g/mol. The molecule has 0 radical (unpaired) electrons. The highest BCUT2D eigenvalue weighted by Gasteiger charge is 2.30. The van der Waals surface area contributed by atoms with Crippen LogP contribution < -0.4 is 15.9 Å². The first-order valence-electron chi connectivity index (χ1n) is 13.9. The average molecular weight is 494 g/mol. The Kier molecular flexibility index (Phi) is 10.6. The minimum absolute atomic E-state index is 0.362. The van der Waals surface area contributed by atoms with Crippen LogP contribution in [0.25, 0.3) is 12.7 Å². The Bertz CT molecular complexity index is 1060. The summed E-state index contributed by atoms with van der Waals surface area (Å²) in [6.45, 7) is 19.2. The molecule has 0 spiro atoms. The summed E-state index contributed by atoms with van der Waals surface area (Å²) in [6.07, 6.45) is 20.9. The predicted molar refractivity (Wildman–Crippen MR) is 154 cm³/mol. The minimum atomic E-state index is -1.03. The van der Waals surface area contributed by atoms with Gasteiger partial charge in [-0.1, -0.05) is 63.5 Å². The molecular weight excluding hydrogens is 445 g/mol. The number of hydrogen-bond donors (Lipinski definition) is 1. The van der Waals surface area contributed by atoms with Gasteiger partial charge in [0.25, 0.3) is 0 Å². The van der Waals surface area contributed by atoms with Crippen LogP contribution in [0, 0.1) is 18.8 Å². The van der Waals surface area contributed by atoms with Crippen LogP contribution in [-0.4, -0.2) is 48.4 Å². The van der Waals surface area contributed by atoms with Crippen molar-refractivity contribution in [3.8, 4) is 0 Å². The molecule has 1 aromatic rings. The van der Waals surface area contributed by atoms with E-state index in [0.29, 0.717) is 31.2 Å². The molecule has 198 valence electrons. The fraction of sp³-hybridized carbons (Fsp3) is 0.562. The third kappa shape index (κ3) is 7.20. The van der Waals surface area contributed by atoms with Gasteiger partial charge in [-0.15, -0.1) is 0 Å². The van der Waals surface area contributed by atoms with Gasteiger partial charge >= 0.3 is 0 Å². The summed E-state index contributed by atoms with van der Waals surface area (Å²) in [5.74, 6) is 1.05. The van der Waals surface area contributed by atoms with E-state index < -0.39 is 5.67 Å². The van der Waals surface area contributed by atoms with E-state index in [0.717, 1.165) is 57.1 Å². The zero-order valence-corrected chi connectivity index (χ0v) is 23.2. The molecule has 0 bridgehead atoms. The maximum absolute atomic E-state index is 14.9. The number of alkyl halides is 1. The molecule has 1 aliphatic carbocycles. The number of likely N-dealkylation sites (tertiary alicyclic amines) is 1. The topological polar surface area (TPSA) is 20.2 Å². The summed E-state index contributed by atoms with van der Waals surface area (Å²) in [4.78, 5) is 2.35. The third-order valence-corrected chi connectivity index (χ3v) is 8.37. The fourth-order valence-corrected chi connectivity index (χ4v) is 5.74. The smallest absolute Gasteiger partial charge is 0.123 e. The Morgan fingerprint density at radius 3 is 2.56 bits per heavy atom. The number of nitrogens with one attached hydrogen (secondary N) is 1. The molecule has 1 saturated heterocycles. The van der Waals surface area contributed by atoms with Crippen molar-refractivity contribution in [1.29, 1.82) is 0 Å². The van der Waals surface area contributed by atoms with Crippen LogP contribution in [0.3, 0.4) is 0 Å². The van der Waals surface area contributed by atoms with E-state index in [-0.39, 0.29) is 0 Å². The maximum Gasteiger partial charge on any atom is 0.123 e. The first-order chi connectivity index (χ1) is 17.3. The summed E-state index contributed by atoms with van der Waals surface area (Å²) < 4.78 is 17.3. The van der Waals surface area contributed by atoms with E-state index in [1.54, 1.807) is 0 Å². The second-order valence-electron chi connectivity index (χ2n) is 10.7. The number of halogens is 1. The van der Waals surface area contributed by atoms with E-state index in [9.17, 15) is 4.39 Å². The SMILES string of the molecule is C=C/C=c1\c(=C)c(CC2C=CC=C(CNC)C=C2)c(C)n1CCC1CCN(CC(F)(CC)CC)CC1. The van der Waals surface area contributed by atoms with Crippen LogP contribution in [0.15, 0.2) is 48.6 Å². The van der Waals surface area contributed by atoms with Gasteiger partial charge in [-0.05, 0) is 99.9 Å². The number of aromatic nitrogens is 1. The zero-order valence-electron chi connectivity index (χ0n) is 23.2. The van der Waals surface area contributed by atoms with Gasteiger partial charge in [-0.2, -0.15) is 0 Å². The number of allylic oxidation sites excluding steroid dienone is 5. The third-order valence-electron chi connectivity index (χ3n) is 8.37. The Morgan fingerprint density at radius 1 is 1.19 bits per heavy atom. The van der Waals surface area contributed by atoms with Crippen LogP contribution in [0.5, 0.6) is 0 Å². The Morgan fingerprint density at radius 2 is 1.92 bits per heavy atom. The Labute approximate surface area is 218 Å². The summed E-state index contributed by atoms with van der Waals surface area (Å²) >= 11 is 0. The largest absolute Gasteiger partial charge is 0.345 e. The fourth-order valence-electron chi connectivity index (χ4n) is 5.74. The Balaban J connectivity index is 1.66.